The maximum Gasteiger partial charge on any atom is 0.246 e. The van der Waals surface area contributed by atoms with Crippen molar-refractivity contribution < 1.29 is 24.2 Å². The van der Waals surface area contributed by atoms with Crippen molar-refractivity contribution in [3.63, 3.8) is 0 Å². The van der Waals surface area contributed by atoms with Gasteiger partial charge in [-0.15, -0.1) is 0 Å². The van der Waals surface area contributed by atoms with Crippen molar-refractivity contribution in [1.29, 1.82) is 0 Å². The molecule has 0 saturated carbocycles. The average molecular weight is 500 g/mol. The Morgan fingerprint density at radius 3 is 2.39 bits per heavy atom. The molecular weight excluding hydrogens is 458 g/mol. The van der Waals surface area contributed by atoms with E-state index in [1.807, 2.05) is 66.7 Å². The molecule has 4 rings (SSSR count). The molecule has 2 bridgehead atoms. The normalized spacial score (nSPS) is 34.1. The van der Waals surface area contributed by atoms with Crippen LogP contribution in [0.3, 0.4) is 0 Å². The van der Waals surface area contributed by atoms with Crippen LogP contribution in [0.15, 0.2) is 30.3 Å². The summed E-state index contributed by atoms with van der Waals surface area (Å²) in [7, 11) is 0. The van der Waals surface area contributed by atoms with Crippen molar-refractivity contribution in [2.24, 2.45) is 23.7 Å². The molecule has 3 heterocycles. The molecule has 8 heteroatoms. The fourth-order valence-corrected chi connectivity index (χ4v) is 6.77. The molecule has 1 aromatic rings. The van der Waals surface area contributed by atoms with Gasteiger partial charge in [-0.1, -0.05) is 39.0 Å². The number of likely N-dealkylation sites (tertiary alicyclic amines) is 1. The standard InChI is InChI=1S/C28H41N3O5/c1-16(2)13-19(15-32)31-22(24(34)30-26(4,5)6)28-14-17(3)27(7,36-28)20(21(28)25(31)35)23(33)29-18-11-9-8-10-12-18/h8-12,16-17,19-22,32H,13-15H2,1-7H3,(H,29,33)(H,30,34)/t17?,19-,20+,21+,22?,27-,28?/m1/s1. The van der Waals surface area contributed by atoms with Gasteiger partial charge in [-0.05, 0) is 64.5 Å². The topological polar surface area (TPSA) is 108 Å². The number of rotatable bonds is 7. The van der Waals surface area contributed by atoms with Crippen LogP contribution in [0.5, 0.6) is 0 Å². The molecule has 3 saturated heterocycles. The molecule has 3 aliphatic heterocycles. The Hall–Kier alpha value is -2.45. The lowest BCUT2D eigenvalue weighted by Crippen LogP contribution is -2.60. The maximum absolute atomic E-state index is 14.2. The van der Waals surface area contributed by atoms with Gasteiger partial charge in [0, 0.05) is 11.2 Å². The fourth-order valence-electron chi connectivity index (χ4n) is 6.77. The highest BCUT2D eigenvalue weighted by Gasteiger charge is 2.80. The molecule has 3 unspecified atom stereocenters. The second-order valence-electron chi connectivity index (χ2n) is 12.5. The van der Waals surface area contributed by atoms with Crippen molar-refractivity contribution in [1.82, 2.24) is 10.2 Å². The highest BCUT2D eigenvalue weighted by atomic mass is 16.5. The molecule has 3 N–H and O–H groups in total. The van der Waals surface area contributed by atoms with Crippen LogP contribution in [-0.2, 0) is 19.1 Å². The molecule has 7 atom stereocenters. The van der Waals surface area contributed by atoms with Crippen LogP contribution in [0.4, 0.5) is 5.69 Å². The van der Waals surface area contributed by atoms with Gasteiger partial charge in [-0.25, -0.2) is 0 Å². The van der Waals surface area contributed by atoms with E-state index in [-0.39, 0.29) is 36.2 Å². The van der Waals surface area contributed by atoms with E-state index in [9.17, 15) is 19.5 Å². The Morgan fingerprint density at radius 1 is 1.19 bits per heavy atom. The number of aliphatic hydroxyl groups is 1. The first-order valence-electron chi connectivity index (χ1n) is 13.1. The highest BCUT2D eigenvalue weighted by Crippen LogP contribution is 2.65. The van der Waals surface area contributed by atoms with Crippen molar-refractivity contribution >= 4 is 23.4 Å². The van der Waals surface area contributed by atoms with Gasteiger partial charge in [0.2, 0.25) is 17.7 Å². The number of para-hydroxylation sites is 1. The summed E-state index contributed by atoms with van der Waals surface area (Å²) in [5.74, 6) is -2.28. The second kappa shape index (κ2) is 9.14. The first-order chi connectivity index (χ1) is 16.7. The molecule has 0 radical (unpaired) electrons. The second-order valence-corrected chi connectivity index (χ2v) is 12.5. The maximum atomic E-state index is 14.2. The lowest BCUT2D eigenvalue weighted by Gasteiger charge is -2.39. The number of benzene rings is 1. The molecule has 3 amide bonds. The van der Waals surface area contributed by atoms with Crippen molar-refractivity contribution in [2.75, 3.05) is 11.9 Å². The quantitative estimate of drug-likeness (QED) is 0.535. The Balaban J connectivity index is 1.80. The van der Waals surface area contributed by atoms with Crippen molar-refractivity contribution in [3.05, 3.63) is 30.3 Å². The third kappa shape index (κ3) is 4.22. The van der Waals surface area contributed by atoms with Crippen LogP contribution >= 0.6 is 0 Å². The van der Waals surface area contributed by atoms with E-state index in [4.69, 9.17) is 4.74 Å². The Morgan fingerprint density at radius 2 is 1.83 bits per heavy atom. The summed E-state index contributed by atoms with van der Waals surface area (Å²) >= 11 is 0. The van der Waals surface area contributed by atoms with E-state index in [0.29, 0.717) is 18.5 Å². The van der Waals surface area contributed by atoms with Crippen molar-refractivity contribution in [2.45, 2.75) is 90.1 Å². The summed E-state index contributed by atoms with van der Waals surface area (Å²) in [6, 6.07) is 7.69. The summed E-state index contributed by atoms with van der Waals surface area (Å²) in [6.07, 6.45) is 1.03. The van der Waals surface area contributed by atoms with Crippen LogP contribution < -0.4 is 10.6 Å². The Kier molecular flexibility index (Phi) is 6.75. The van der Waals surface area contributed by atoms with E-state index >= 15 is 0 Å². The molecule has 0 aromatic heterocycles. The van der Waals surface area contributed by atoms with E-state index in [2.05, 4.69) is 10.6 Å². The first kappa shape index (κ1) is 26.6. The number of amides is 3. The molecule has 8 nitrogen and oxygen atoms in total. The predicted molar refractivity (Wildman–Crippen MR) is 137 cm³/mol. The fraction of sp³-hybridized carbons (Fsp3) is 0.679. The summed E-state index contributed by atoms with van der Waals surface area (Å²) < 4.78 is 6.74. The van der Waals surface area contributed by atoms with Crippen LogP contribution in [-0.4, -0.2) is 63.2 Å². The molecule has 3 fully saturated rings. The van der Waals surface area contributed by atoms with Crippen LogP contribution in [0, 0.1) is 23.7 Å². The number of anilines is 1. The van der Waals surface area contributed by atoms with Crippen LogP contribution in [0.25, 0.3) is 0 Å². The number of nitrogens with one attached hydrogen (secondary N) is 2. The molecule has 36 heavy (non-hydrogen) atoms. The minimum atomic E-state index is -1.14. The van der Waals surface area contributed by atoms with Crippen LogP contribution in [0.1, 0.15) is 61.3 Å². The zero-order valence-electron chi connectivity index (χ0n) is 22.5. The summed E-state index contributed by atoms with van der Waals surface area (Å²) in [5.41, 5.74) is -1.90. The van der Waals surface area contributed by atoms with Gasteiger partial charge in [0.05, 0.1) is 30.1 Å². The lowest BCUT2D eigenvalue weighted by atomic mass is 9.62. The molecule has 3 aliphatic rings. The van der Waals surface area contributed by atoms with Gasteiger partial charge >= 0.3 is 0 Å². The number of carbonyl (C=O) groups excluding carboxylic acids is 3. The zero-order chi connectivity index (χ0) is 26.6. The zero-order valence-corrected chi connectivity index (χ0v) is 22.5. The summed E-state index contributed by atoms with van der Waals surface area (Å²) in [6.45, 7) is 13.4. The number of carbonyl (C=O) groups is 3. The number of nitrogens with zero attached hydrogens (tertiary/aromatic N) is 1. The highest BCUT2D eigenvalue weighted by molar-refractivity contribution is 6.02. The van der Waals surface area contributed by atoms with Gasteiger partial charge in [0.1, 0.15) is 11.6 Å². The van der Waals surface area contributed by atoms with Gasteiger partial charge in [-0.3, -0.25) is 14.4 Å². The van der Waals surface area contributed by atoms with E-state index < -0.39 is 40.7 Å². The average Bonchev–Trinajstić information content (AvgIpc) is 3.28. The number of ether oxygens (including phenoxy) is 1. The number of hydrogen-bond acceptors (Lipinski definition) is 5. The largest absolute Gasteiger partial charge is 0.394 e. The Labute approximate surface area is 214 Å². The molecular formula is C28H41N3O5. The monoisotopic (exact) mass is 499 g/mol. The van der Waals surface area contributed by atoms with Gasteiger partial charge in [-0.2, -0.15) is 0 Å². The molecule has 0 aliphatic carbocycles. The smallest absolute Gasteiger partial charge is 0.246 e. The van der Waals surface area contributed by atoms with Gasteiger partial charge in [0.15, 0.2) is 0 Å². The minimum Gasteiger partial charge on any atom is -0.394 e. The van der Waals surface area contributed by atoms with Crippen LogP contribution in [0.2, 0.25) is 0 Å². The minimum absolute atomic E-state index is 0.0457. The number of hydrogen-bond donors (Lipinski definition) is 3. The molecule has 1 aromatic carbocycles. The van der Waals surface area contributed by atoms with E-state index in [1.165, 1.54) is 0 Å². The summed E-state index contributed by atoms with van der Waals surface area (Å²) in [5, 5.41) is 16.4. The molecule has 198 valence electrons. The first-order valence-corrected chi connectivity index (χ1v) is 13.1. The Bertz CT molecular complexity index is 1020. The third-order valence-corrected chi connectivity index (χ3v) is 8.17. The number of fused-ring (bicyclic) bond motifs is 1. The predicted octanol–water partition coefficient (Wildman–Crippen LogP) is 2.96. The van der Waals surface area contributed by atoms with Gasteiger partial charge in [0.25, 0.3) is 0 Å². The van der Waals surface area contributed by atoms with E-state index in [0.717, 1.165) is 0 Å². The number of aliphatic hydroxyl groups excluding tert-OH is 1. The van der Waals surface area contributed by atoms with Crippen molar-refractivity contribution in [3.8, 4) is 0 Å². The lowest BCUT2D eigenvalue weighted by molar-refractivity contribution is -0.150. The molecule has 1 spiro atoms. The van der Waals surface area contributed by atoms with Gasteiger partial charge < -0.3 is 25.4 Å². The summed E-state index contributed by atoms with van der Waals surface area (Å²) in [4.78, 5) is 43.4. The third-order valence-electron chi connectivity index (χ3n) is 8.17. The SMILES string of the molecule is CC(C)C[C@H](CO)N1C(=O)[C@@H]2[C@@H](C(=O)Nc3ccccc3)[C@]3(C)OC2(CC3C)C1C(=O)NC(C)(C)C. The van der Waals surface area contributed by atoms with E-state index in [1.54, 1.807) is 17.0 Å².